The molecule has 2 rings (SSSR count). The Bertz CT molecular complexity index is 317. The van der Waals surface area contributed by atoms with E-state index in [0.29, 0.717) is 11.8 Å². The lowest BCUT2D eigenvalue weighted by molar-refractivity contribution is 0.0829. The van der Waals surface area contributed by atoms with Crippen molar-refractivity contribution in [2.75, 3.05) is 0 Å². The third-order valence-electron chi connectivity index (χ3n) is 3.44. The second-order valence-electron chi connectivity index (χ2n) is 4.39. The second kappa shape index (κ2) is 4.63. The second-order valence-corrected chi connectivity index (χ2v) is 4.39. The molecule has 0 bridgehead atoms. The van der Waals surface area contributed by atoms with Gasteiger partial charge in [0.05, 0.1) is 6.10 Å². The topological polar surface area (TPSA) is 20.2 Å². The molecule has 0 aliphatic heterocycles. The van der Waals surface area contributed by atoms with Gasteiger partial charge in [-0.2, -0.15) is 0 Å². The molecule has 0 aromatic heterocycles. The summed E-state index contributed by atoms with van der Waals surface area (Å²) in [5.41, 5.74) is 1.36. The van der Waals surface area contributed by atoms with Gasteiger partial charge in [-0.05, 0) is 30.7 Å². The molecule has 80 valence electrons. The third-order valence-corrected chi connectivity index (χ3v) is 3.44. The van der Waals surface area contributed by atoms with Crippen molar-refractivity contribution in [2.45, 2.75) is 31.3 Å². The van der Waals surface area contributed by atoms with Gasteiger partial charge in [0.25, 0.3) is 0 Å². The maximum atomic E-state index is 9.93. The molecule has 0 heterocycles. The highest BCUT2D eigenvalue weighted by atomic mass is 16.3. The molecule has 1 aromatic carbocycles. The van der Waals surface area contributed by atoms with E-state index >= 15 is 0 Å². The molecule has 1 N–H and O–H groups in total. The Morgan fingerprint density at radius 1 is 1.20 bits per heavy atom. The summed E-state index contributed by atoms with van der Waals surface area (Å²) in [7, 11) is 0. The van der Waals surface area contributed by atoms with Crippen LogP contribution in [0.1, 0.15) is 30.7 Å². The Hall–Kier alpha value is -1.08. The van der Waals surface area contributed by atoms with Crippen LogP contribution < -0.4 is 0 Å². The molecule has 0 saturated heterocycles. The lowest BCUT2D eigenvalue weighted by Crippen LogP contribution is -2.26. The zero-order chi connectivity index (χ0) is 10.7. The molecular weight excluding hydrogens is 184 g/mol. The number of rotatable bonds is 2. The van der Waals surface area contributed by atoms with Gasteiger partial charge < -0.3 is 5.11 Å². The minimum Gasteiger partial charge on any atom is -0.392 e. The summed E-state index contributed by atoms with van der Waals surface area (Å²) in [6.45, 7) is 3.77. The minimum atomic E-state index is -0.207. The first-order chi connectivity index (χ1) is 7.31. The van der Waals surface area contributed by atoms with E-state index in [2.05, 4.69) is 30.8 Å². The fourth-order valence-corrected chi connectivity index (χ4v) is 2.47. The van der Waals surface area contributed by atoms with Crippen LogP contribution in [0, 0.1) is 5.92 Å². The Kier molecular flexibility index (Phi) is 3.22. The number of hydrogen-bond donors (Lipinski definition) is 1. The van der Waals surface area contributed by atoms with Gasteiger partial charge in [-0.1, -0.05) is 36.4 Å². The van der Waals surface area contributed by atoms with Crippen LogP contribution in [0.5, 0.6) is 0 Å². The van der Waals surface area contributed by atoms with Gasteiger partial charge in [-0.15, -0.1) is 6.58 Å². The van der Waals surface area contributed by atoms with Gasteiger partial charge in [0, 0.05) is 5.92 Å². The van der Waals surface area contributed by atoms with E-state index in [9.17, 15) is 5.11 Å². The summed E-state index contributed by atoms with van der Waals surface area (Å²) in [5, 5.41) is 9.93. The van der Waals surface area contributed by atoms with Gasteiger partial charge in [-0.25, -0.2) is 0 Å². The van der Waals surface area contributed by atoms with E-state index in [1.54, 1.807) is 0 Å². The molecule has 1 nitrogen and oxygen atoms in total. The van der Waals surface area contributed by atoms with Gasteiger partial charge in [0.2, 0.25) is 0 Å². The van der Waals surface area contributed by atoms with E-state index in [-0.39, 0.29) is 6.10 Å². The Labute approximate surface area is 91.4 Å². The molecule has 0 radical (unpaired) electrons. The molecule has 1 aliphatic carbocycles. The number of aliphatic hydroxyl groups is 1. The molecular formula is C14H18O. The van der Waals surface area contributed by atoms with Crippen molar-refractivity contribution in [3.8, 4) is 0 Å². The monoisotopic (exact) mass is 202 g/mol. The zero-order valence-electron chi connectivity index (χ0n) is 8.97. The van der Waals surface area contributed by atoms with Crippen LogP contribution in [0.15, 0.2) is 43.0 Å². The number of aliphatic hydroxyl groups excluding tert-OH is 1. The molecule has 1 aliphatic rings. The quantitative estimate of drug-likeness (QED) is 0.730. The fraction of sp³-hybridized carbons (Fsp3) is 0.429. The van der Waals surface area contributed by atoms with E-state index < -0.39 is 0 Å². The average molecular weight is 202 g/mol. The summed E-state index contributed by atoms with van der Waals surface area (Å²) in [6, 6.07) is 10.5. The van der Waals surface area contributed by atoms with Gasteiger partial charge in [0.1, 0.15) is 0 Å². The van der Waals surface area contributed by atoms with E-state index in [4.69, 9.17) is 0 Å². The molecule has 1 heteroatoms. The molecule has 0 unspecified atom stereocenters. The summed E-state index contributed by atoms with van der Waals surface area (Å²) >= 11 is 0. The first-order valence-corrected chi connectivity index (χ1v) is 5.67. The van der Waals surface area contributed by atoms with E-state index in [0.717, 1.165) is 19.3 Å². The molecule has 1 aromatic rings. The van der Waals surface area contributed by atoms with Crippen molar-refractivity contribution >= 4 is 0 Å². The van der Waals surface area contributed by atoms with Crippen LogP contribution in [0.25, 0.3) is 0 Å². The molecule has 1 fully saturated rings. The van der Waals surface area contributed by atoms with Crippen molar-refractivity contribution < 1.29 is 5.11 Å². The molecule has 1 saturated carbocycles. The van der Waals surface area contributed by atoms with Crippen LogP contribution in [-0.2, 0) is 0 Å². The standard InChI is InChI=1S/C14H18O/c1-2-11-8-9-13(10-14(11)15)12-6-4-3-5-7-12/h2-7,11,13-15H,1,8-10H2/t11-,13+,14+/m0/s1. The maximum absolute atomic E-state index is 9.93. The molecule has 15 heavy (non-hydrogen) atoms. The molecule has 0 spiro atoms. The maximum Gasteiger partial charge on any atom is 0.0608 e. The largest absolute Gasteiger partial charge is 0.392 e. The van der Waals surface area contributed by atoms with E-state index in [1.165, 1.54) is 5.56 Å². The Morgan fingerprint density at radius 3 is 2.53 bits per heavy atom. The lowest BCUT2D eigenvalue weighted by Gasteiger charge is -2.31. The van der Waals surface area contributed by atoms with Crippen molar-refractivity contribution in [2.24, 2.45) is 5.92 Å². The van der Waals surface area contributed by atoms with Crippen molar-refractivity contribution in [1.29, 1.82) is 0 Å². The Morgan fingerprint density at radius 2 is 1.93 bits per heavy atom. The van der Waals surface area contributed by atoms with Gasteiger partial charge >= 0.3 is 0 Å². The summed E-state index contributed by atoms with van der Waals surface area (Å²) in [5.74, 6) is 0.822. The smallest absolute Gasteiger partial charge is 0.0608 e. The molecule has 3 atom stereocenters. The lowest BCUT2D eigenvalue weighted by atomic mass is 9.77. The predicted octanol–water partition coefficient (Wildman–Crippen LogP) is 3.12. The highest BCUT2D eigenvalue weighted by Crippen LogP contribution is 2.36. The first kappa shape index (κ1) is 10.4. The molecule has 0 amide bonds. The van der Waals surface area contributed by atoms with Crippen LogP contribution in [0.2, 0.25) is 0 Å². The Balaban J connectivity index is 2.06. The van der Waals surface area contributed by atoms with Crippen molar-refractivity contribution in [1.82, 2.24) is 0 Å². The van der Waals surface area contributed by atoms with E-state index in [1.807, 2.05) is 12.1 Å². The van der Waals surface area contributed by atoms with Crippen LogP contribution in [0.4, 0.5) is 0 Å². The van der Waals surface area contributed by atoms with Crippen molar-refractivity contribution in [3.05, 3.63) is 48.6 Å². The van der Waals surface area contributed by atoms with Crippen molar-refractivity contribution in [3.63, 3.8) is 0 Å². The zero-order valence-corrected chi connectivity index (χ0v) is 8.97. The highest BCUT2D eigenvalue weighted by molar-refractivity contribution is 5.20. The average Bonchev–Trinajstić information content (AvgIpc) is 2.30. The SMILES string of the molecule is C=C[C@H]1CC[C@@H](c2ccccc2)C[C@H]1O. The number of hydrogen-bond acceptors (Lipinski definition) is 1. The summed E-state index contributed by atoms with van der Waals surface area (Å²) in [6.07, 6.45) is 4.79. The summed E-state index contributed by atoms with van der Waals surface area (Å²) in [4.78, 5) is 0. The van der Waals surface area contributed by atoms with Gasteiger partial charge in [-0.3, -0.25) is 0 Å². The van der Waals surface area contributed by atoms with Crippen LogP contribution >= 0.6 is 0 Å². The normalized spacial score (nSPS) is 31.1. The minimum absolute atomic E-state index is 0.207. The highest BCUT2D eigenvalue weighted by Gasteiger charge is 2.27. The van der Waals surface area contributed by atoms with Gasteiger partial charge in [0.15, 0.2) is 0 Å². The fourth-order valence-electron chi connectivity index (χ4n) is 2.47. The number of benzene rings is 1. The van der Waals surface area contributed by atoms with Crippen LogP contribution in [-0.4, -0.2) is 11.2 Å². The predicted molar refractivity (Wildman–Crippen MR) is 62.7 cm³/mol. The third kappa shape index (κ3) is 2.29. The van der Waals surface area contributed by atoms with Crippen LogP contribution in [0.3, 0.4) is 0 Å². The first-order valence-electron chi connectivity index (χ1n) is 5.67. The summed E-state index contributed by atoms with van der Waals surface area (Å²) < 4.78 is 0.